The smallest absolute Gasteiger partial charge is 0.271 e. The van der Waals surface area contributed by atoms with E-state index < -0.39 is 0 Å². The molecule has 3 aromatic rings. The third-order valence-corrected chi connectivity index (χ3v) is 4.70. The van der Waals surface area contributed by atoms with Gasteiger partial charge in [-0.15, -0.1) is 0 Å². The van der Waals surface area contributed by atoms with E-state index in [-0.39, 0.29) is 24.0 Å². The van der Waals surface area contributed by atoms with E-state index in [2.05, 4.69) is 20.4 Å². The second-order valence-corrected chi connectivity index (χ2v) is 6.43. The average molecular weight is 337 g/mol. The van der Waals surface area contributed by atoms with Crippen LogP contribution >= 0.6 is 0 Å². The number of hydrogen-bond donors (Lipinski definition) is 2. The van der Waals surface area contributed by atoms with Crippen LogP contribution in [0.25, 0.3) is 5.65 Å². The van der Waals surface area contributed by atoms with Gasteiger partial charge >= 0.3 is 0 Å². The van der Waals surface area contributed by atoms with E-state index in [0.29, 0.717) is 30.6 Å². The lowest BCUT2D eigenvalue weighted by atomic mass is 9.76. The molecule has 1 unspecified atom stereocenters. The molecular formula is C18H19N5O2. The van der Waals surface area contributed by atoms with Crippen molar-refractivity contribution in [3.8, 4) is 0 Å². The number of nitrogens with zero attached hydrogens (tertiary/aromatic N) is 4. The van der Waals surface area contributed by atoms with E-state index in [9.17, 15) is 9.90 Å². The lowest BCUT2D eigenvalue weighted by molar-refractivity contribution is 0.0237. The fourth-order valence-corrected chi connectivity index (χ4v) is 3.26. The minimum absolute atomic E-state index is 0.0833. The zero-order valence-electron chi connectivity index (χ0n) is 13.6. The van der Waals surface area contributed by atoms with E-state index in [1.165, 1.54) is 10.7 Å². The monoisotopic (exact) mass is 337 g/mol. The molecule has 7 heteroatoms. The zero-order valence-corrected chi connectivity index (χ0v) is 13.6. The van der Waals surface area contributed by atoms with Crippen LogP contribution in [0.5, 0.6) is 0 Å². The highest BCUT2D eigenvalue weighted by atomic mass is 16.3. The Hall–Kier alpha value is -2.80. The Morgan fingerprint density at radius 3 is 2.88 bits per heavy atom. The number of rotatable bonds is 5. The molecule has 3 aromatic heterocycles. The highest BCUT2D eigenvalue weighted by molar-refractivity contribution is 5.93. The first kappa shape index (κ1) is 15.7. The Labute approximate surface area is 144 Å². The van der Waals surface area contributed by atoms with Crippen LogP contribution in [-0.2, 0) is 6.42 Å². The molecule has 0 bridgehead atoms. The van der Waals surface area contributed by atoms with Crippen molar-refractivity contribution in [3.05, 3.63) is 60.3 Å². The minimum atomic E-state index is -0.273. The Kier molecular flexibility index (Phi) is 4.15. The first-order valence-electron chi connectivity index (χ1n) is 8.38. The number of fused-ring (bicyclic) bond motifs is 1. The predicted octanol–water partition coefficient (Wildman–Crippen LogP) is 1.24. The van der Waals surface area contributed by atoms with Crippen molar-refractivity contribution in [1.82, 2.24) is 24.9 Å². The number of pyridine rings is 1. The van der Waals surface area contributed by atoms with Crippen LogP contribution in [0.2, 0.25) is 0 Å². The highest BCUT2D eigenvalue weighted by Gasteiger charge is 2.35. The van der Waals surface area contributed by atoms with Crippen molar-refractivity contribution in [1.29, 1.82) is 0 Å². The first-order chi connectivity index (χ1) is 12.2. The van der Waals surface area contributed by atoms with Crippen molar-refractivity contribution in [2.45, 2.75) is 31.4 Å². The molecule has 1 fully saturated rings. The topological polar surface area (TPSA) is 92.4 Å². The Morgan fingerprint density at radius 2 is 2.12 bits per heavy atom. The molecule has 1 amide bonds. The van der Waals surface area contributed by atoms with Gasteiger partial charge in [0.05, 0.1) is 12.3 Å². The van der Waals surface area contributed by atoms with Crippen molar-refractivity contribution < 1.29 is 9.90 Å². The standard InChI is InChI=1S/C18H19N5O2/c24-14-8-12(9-14)15(10-13-4-1-2-6-19-13)22-18(25)16-11-20-17-5-3-7-21-23(16)17/h1-7,11-12,14-15,24H,8-10H2,(H,22,25). The molecule has 1 aliphatic rings. The minimum Gasteiger partial charge on any atom is -0.393 e. The largest absolute Gasteiger partial charge is 0.393 e. The molecule has 0 radical (unpaired) electrons. The van der Waals surface area contributed by atoms with E-state index in [4.69, 9.17) is 0 Å². The van der Waals surface area contributed by atoms with Crippen molar-refractivity contribution in [2.24, 2.45) is 5.92 Å². The number of hydrogen-bond acceptors (Lipinski definition) is 5. The van der Waals surface area contributed by atoms with Crippen molar-refractivity contribution >= 4 is 11.6 Å². The fourth-order valence-electron chi connectivity index (χ4n) is 3.26. The predicted molar refractivity (Wildman–Crippen MR) is 90.9 cm³/mol. The van der Waals surface area contributed by atoms with Crippen molar-refractivity contribution in [2.75, 3.05) is 0 Å². The van der Waals surface area contributed by atoms with Gasteiger partial charge in [-0.1, -0.05) is 6.07 Å². The van der Waals surface area contributed by atoms with Crippen molar-refractivity contribution in [3.63, 3.8) is 0 Å². The number of carbonyl (C=O) groups is 1. The molecular weight excluding hydrogens is 318 g/mol. The maximum Gasteiger partial charge on any atom is 0.271 e. The molecule has 1 atom stereocenters. The maximum atomic E-state index is 12.8. The summed E-state index contributed by atoms with van der Waals surface area (Å²) in [5.41, 5.74) is 1.96. The SMILES string of the molecule is O=C(NC(Cc1ccccn1)C1CC(O)C1)c1cnc2cccnn12. The number of carbonyl (C=O) groups excluding carboxylic acids is 1. The average Bonchev–Trinajstić information content (AvgIpc) is 3.03. The van der Waals surface area contributed by atoms with Crippen LogP contribution in [0.3, 0.4) is 0 Å². The van der Waals surface area contributed by atoms with Gasteiger partial charge in [0, 0.05) is 30.6 Å². The van der Waals surface area contributed by atoms with Crippen LogP contribution in [0.4, 0.5) is 0 Å². The summed E-state index contributed by atoms with van der Waals surface area (Å²) in [4.78, 5) is 21.3. The number of amides is 1. The molecule has 128 valence electrons. The third-order valence-electron chi connectivity index (χ3n) is 4.70. The van der Waals surface area contributed by atoms with Gasteiger partial charge in [-0.2, -0.15) is 5.10 Å². The van der Waals surface area contributed by atoms with Gasteiger partial charge in [-0.05, 0) is 43.0 Å². The molecule has 7 nitrogen and oxygen atoms in total. The number of aliphatic hydroxyl groups is 1. The molecule has 0 aromatic carbocycles. The summed E-state index contributed by atoms with van der Waals surface area (Å²) in [7, 11) is 0. The summed E-state index contributed by atoms with van der Waals surface area (Å²) in [5.74, 6) is 0.0293. The van der Waals surface area contributed by atoms with Gasteiger partial charge in [0.25, 0.3) is 5.91 Å². The zero-order chi connectivity index (χ0) is 17.2. The quantitative estimate of drug-likeness (QED) is 0.731. The third kappa shape index (κ3) is 3.23. The summed E-state index contributed by atoms with van der Waals surface area (Å²) in [5, 5.41) is 16.9. The number of nitrogens with one attached hydrogen (secondary N) is 1. The van der Waals surface area contributed by atoms with Crippen LogP contribution in [-0.4, -0.2) is 42.7 Å². The van der Waals surface area contributed by atoms with Gasteiger partial charge in [-0.25, -0.2) is 9.50 Å². The molecule has 2 N–H and O–H groups in total. The van der Waals surface area contributed by atoms with Crippen LogP contribution < -0.4 is 5.32 Å². The first-order valence-corrected chi connectivity index (χ1v) is 8.38. The second-order valence-electron chi connectivity index (χ2n) is 6.43. The Balaban J connectivity index is 1.54. The molecule has 3 heterocycles. The van der Waals surface area contributed by atoms with Gasteiger partial charge in [0.2, 0.25) is 0 Å². The summed E-state index contributed by atoms with van der Waals surface area (Å²) in [6, 6.07) is 9.25. The van der Waals surface area contributed by atoms with Crippen LogP contribution in [0.15, 0.2) is 48.9 Å². The van der Waals surface area contributed by atoms with Gasteiger partial charge in [0.1, 0.15) is 5.69 Å². The maximum absolute atomic E-state index is 12.8. The lowest BCUT2D eigenvalue weighted by Gasteiger charge is -2.38. The lowest BCUT2D eigenvalue weighted by Crippen LogP contribution is -2.48. The fraction of sp³-hybridized carbons (Fsp3) is 0.333. The van der Waals surface area contributed by atoms with Gasteiger partial charge < -0.3 is 10.4 Å². The molecule has 1 aliphatic carbocycles. The van der Waals surface area contributed by atoms with E-state index in [0.717, 1.165) is 5.69 Å². The normalized spacial score (nSPS) is 20.8. The van der Waals surface area contributed by atoms with Crippen LogP contribution in [0.1, 0.15) is 29.0 Å². The molecule has 0 spiro atoms. The Bertz CT molecular complexity index is 873. The molecule has 0 saturated heterocycles. The molecule has 25 heavy (non-hydrogen) atoms. The van der Waals surface area contributed by atoms with Gasteiger partial charge in [-0.3, -0.25) is 9.78 Å². The summed E-state index contributed by atoms with van der Waals surface area (Å²) >= 11 is 0. The molecule has 4 rings (SSSR count). The van der Waals surface area contributed by atoms with E-state index in [1.54, 1.807) is 24.5 Å². The van der Waals surface area contributed by atoms with E-state index in [1.807, 2.05) is 18.2 Å². The van der Waals surface area contributed by atoms with E-state index >= 15 is 0 Å². The van der Waals surface area contributed by atoms with Gasteiger partial charge in [0.15, 0.2) is 5.65 Å². The summed E-state index contributed by atoms with van der Waals surface area (Å²) < 4.78 is 1.53. The second kappa shape index (κ2) is 6.60. The highest BCUT2D eigenvalue weighted by Crippen LogP contribution is 2.31. The number of aromatic nitrogens is 4. The molecule has 1 saturated carbocycles. The Morgan fingerprint density at radius 1 is 1.24 bits per heavy atom. The number of aliphatic hydroxyl groups excluding tert-OH is 1. The van der Waals surface area contributed by atoms with Crippen LogP contribution in [0, 0.1) is 5.92 Å². The number of imidazole rings is 1. The molecule has 0 aliphatic heterocycles. The summed E-state index contributed by atoms with van der Waals surface area (Å²) in [6.45, 7) is 0. The summed E-state index contributed by atoms with van der Waals surface area (Å²) in [6.07, 6.45) is 6.66.